The van der Waals surface area contributed by atoms with E-state index in [1.807, 2.05) is 10.7 Å². The highest BCUT2D eigenvalue weighted by molar-refractivity contribution is 6.31. The number of rotatable bonds is 6. The van der Waals surface area contributed by atoms with E-state index in [4.69, 9.17) is 11.6 Å². The van der Waals surface area contributed by atoms with E-state index in [1.165, 1.54) is 6.07 Å². The van der Waals surface area contributed by atoms with E-state index >= 15 is 0 Å². The molecule has 0 amide bonds. The minimum Gasteiger partial charge on any atom is -0.305 e. The van der Waals surface area contributed by atoms with Gasteiger partial charge in [-0.3, -0.25) is 4.68 Å². The van der Waals surface area contributed by atoms with Crippen molar-refractivity contribution in [2.24, 2.45) is 0 Å². The molecule has 0 spiro atoms. The number of halogens is 2. The molecule has 1 heterocycles. The monoisotopic (exact) mass is 309 g/mol. The average Bonchev–Trinajstić information content (AvgIpc) is 2.82. The molecule has 5 heteroatoms. The molecule has 1 aromatic heterocycles. The molecule has 0 saturated heterocycles. The van der Waals surface area contributed by atoms with E-state index in [9.17, 15) is 4.39 Å². The van der Waals surface area contributed by atoms with Crippen LogP contribution in [0.1, 0.15) is 50.5 Å². The Hall–Kier alpha value is -1.39. The first-order chi connectivity index (χ1) is 10.0. The first-order valence-electron chi connectivity index (χ1n) is 7.26. The number of hydrogen-bond acceptors (Lipinski definition) is 2. The smallest absolute Gasteiger partial charge is 0.123 e. The number of nitrogens with zero attached hydrogens (tertiary/aromatic N) is 2. The number of nitrogens with one attached hydrogen (secondary N) is 1. The lowest BCUT2D eigenvalue weighted by Gasteiger charge is -2.22. The Bertz CT molecular complexity index is 595. The van der Waals surface area contributed by atoms with Gasteiger partial charge in [-0.25, -0.2) is 4.39 Å². The summed E-state index contributed by atoms with van der Waals surface area (Å²) >= 11 is 6.34. The first kappa shape index (κ1) is 16.0. The topological polar surface area (TPSA) is 29.9 Å². The zero-order valence-corrected chi connectivity index (χ0v) is 13.4. The van der Waals surface area contributed by atoms with Crippen molar-refractivity contribution in [3.63, 3.8) is 0 Å². The van der Waals surface area contributed by atoms with Crippen LogP contribution < -0.4 is 5.32 Å². The molecule has 2 aromatic rings. The zero-order chi connectivity index (χ0) is 15.4. The maximum atomic E-state index is 13.6. The molecule has 0 aliphatic heterocycles. The van der Waals surface area contributed by atoms with Crippen LogP contribution in [0.25, 0.3) is 0 Å². The second-order valence-electron chi connectivity index (χ2n) is 5.36. The van der Waals surface area contributed by atoms with E-state index < -0.39 is 0 Å². The van der Waals surface area contributed by atoms with Crippen LogP contribution in [0.15, 0.2) is 30.5 Å². The largest absolute Gasteiger partial charge is 0.305 e. The second-order valence-corrected chi connectivity index (χ2v) is 5.77. The molecule has 0 aliphatic rings. The maximum absolute atomic E-state index is 13.6. The summed E-state index contributed by atoms with van der Waals surface area (Å²) in [6, 6.07) is 6.63. The lowest BCUT2D eigenvalue weighted by Crippen LogP contribution is -2.26. The molecule has 1 unspecified atom stereocenters. The van der Waals surface area contributed by atoms with Gasteiger partial charge in [0.05, 0.1) is 23.0 Å². The molecule has 0 radical (unpaired) electrons. The molecule has 0 saturated carbocycles. The third kappa shape index (κ3) is 3.63. The molecule has 1 atom stereocenters. The van der Waals surface area contributed by atoms with Crippen molar-refractivity contribution in [1.82, 2.24) is 15.1 Å². The SMILES string of the molecule is CCCNC(c1cccc(F)c1)c1c(Cl)cnn1C(C)C. The van der Waals surface area contributed by atoms with Crippen molar-refractivity contribution in [2.75, 3.05) is 6.54 Å². The normalized spacial score (nSPS) is 12.9. The van der Waals surface area contributed by atoms with Crippen molar-refractivity contribution >= 4 is 11.6 Å². The molecule has 1 N–H and O–H groups in total. The molecule has 0 fully saturated rings. The average molecular weight is 310 g/mol. The van der Waals surface area contributed by atoms with Crippen LogP contribution >= 0.6 is 11.6 Å². The van der Waals surface area contributed by atoms with Gasteiger partial charge in [-0.05, 0) is 44.5 Å². The van der Waals surface area contributed by atoms with Gasteiger partial charge in [-0.2, -0.15) is 5.10 Å². The third-order valence-corrected chi connectivity index (χ3v) is 3.62. The van der Waals surface area contributed by atoms with Gasteiger partial charge in [0.15, 0.2) is 0 Å². The van der Waals surface area contributed by atoms with Crippen LogP contribution in [-0.4, -0.2) is 16.3 Å². The van der Waals surface area contributed by atoms with Gasteiger partial charge in [0, 0.05) is 6.04 Å². The van der Waals surface area contributed by atoms with Crippen LogP contribution in [0.2, 0.25) is 5.02 Å². The molecule has 2 rings (SSSR count). The Labute approximate surface area is 130 Å². The van der Waals surface area contributed by atoms with Crippen molar-refractivity contribution < 1.29 is 4.39 Å². The summed E-state index contributed by atoms with van der Waals surface area (Å²) in [4.78, 5) is 0. The summed E-state index contributed by atoms with van der Waals surface area (Å²) in [6.45, 7) is 7.02. The van der Waals surface area contributed by atoms with Crippen molar-refractivity contribution in [2.45, 2.75) is 39.3 Å². The van der Waals surface area contributed by atoms with Crippen molar-refractivity contribution in [3.05, 3.63) is 52.6 Å². The number of aromatic nitrogens is 2. The van der Waals surface area contributed by atoms with E-state index in [0.717, 1.165) is 24.2 Å². The first-order valence-corrected chi connectivity index (χ1v) is 7.64. The molecule has 0 aliphatic carbocycles. The number of benzene rings is 1. The Balaban J connectivity index is 2.48. The van der Waals surface area contributed by atoms with Crippen LogP contribution in [0.4, 0.5) is 4.39 Å². The zero-order valence-electron chi connectivity index (χ0n) is 12.6. The van der Waals surface area contributed by atoms with Crippen molar-refractivity contribution in [1.29, 1.82) is 0 Å². The molecule has 1 aromatic carbocycles. The second kappa shape index (κ2) is 7.05. The van der Waals surface area contributed by atoms with E-state index in [2.05, 4.69) is 31.2 Å². The fourth-order valence-corrected chi connectivity index (χ4v) is 2.62. The summed E-state index contributed by atoms with van der Waals surface area (Å²) in [5.74, 6) is -0.248. The maximum Gasteiger partial charge on any atom is 0.123 e. The van der Waals surface area contributed by atoms with Gasteiger partial charge in [0.2, 0.25) is 0 Å². The highest BCUT2D eigenvalue weighted by atomic mass is 35.5. The fraction of sp³-hybridized carbons (Fsp3) is 0.438. The van der Waals surface area contributed by atoms with Crippen molar-refractivity contribution in [3.8, 4) is 0 Å². The minimum absolute atomic E-state index is 0.168. The minimum atomic E-state index is -0.248. The molecule has 3 nitrogen and oxygen atoms in total. The van der Waals surface area contributed by atoms with E-state index in [-0.39, 0.29) is 17.9 Å². The lowest BCUT2D eigenvalue weighted by atomic mass is 10.0. The summed E-state index contributed by atoms with van der Waals surface area (Å²) < 4.78 is 15.5. The quantitative estimate of drug-likeness (QED) is 0.860. The molecular weight excluding hydrogens is 289 g/mol. The van der Waals surface area contributed by atoms with Crippen LogP contribution in [0, 0.1) is 5.82 Å². The van der Waals surface area contributed by atoms with E-state index in [0.29, 0.717) is 5.02 Å². The summed E-state index contributed by atoms with van der Waals surface area (Å²) in [7, 11) is 0. The fourth-order valence-electron chi connectivity index (χ4n) is 2.38. The standard InChI is InChI=1S/C16H21ClFN3/c1-4-8-19-15(12-6-5-7-13(18)9-12)16-14(17)10-20-21(16)11(2)3/h5-7,9-11,15,19H,4,8H2,1-3H3. The van der Waals surface area contributed by atoms with Gasteiger partial charge < -0.3 is 5.32 Å². The van der Waals surface area contributed by atoms with E-state index in [1.54, 1.807) is 18.3 Å². The molecular formula is C16H21ClFN3. The summed E-state index contributed by atoms with van der Waals surface area (Å²) in [5.41, 5.74) is 1.73. The molecule has 21 heavy (non-hydrogen) atoms. The molecule has 0 bridgehead atoms. The predicted molar refractivity (Wildman–Crippen MR) is 84.2 cm³/mol. The lowest BCUT2D eigenvalue weighted by molar-refractivity contribution is 0.471. The Kier molecular flexibility index (Phi) is 5.37. The summed E-state index contributed by atoms with van der Waals surface area (Å²) in [6.07, 6.45) is 2.63. The predicted octanol–water partition coefficient (Wildman–Crippen LogP) is 4.35. The van der Waals surface area contributed by atoms with Gasteiger partial charge in [0.25, 0.3) is 0 Å². The highest BCUT2D eigenvalue weighted by Crippen LogP contribution is 2.30. The van der Waals surface area contributed by atoms with Gasteiger partial charge >= 0.3 is 0 Å². The molecule has 114 valence electrons. The highest BCUT2D eigenvalue weighted by Gasteiger charge is 2.23. The van der Waals surface area contributed by atoms with Crippen LogP contribution in [-0.2, 0) is 0 Å². The van der Waals surface area contributed by atoms with Crippen LogP contribution in [0.3, 0.4) is 0 Å². The van der Waals surface area contributed by atoms with Crippen LogP contribution in [0.5, 0.6) is 0 Å². The van der Waals surface area contributed by atoms with Gasteiger partial charge in [-0.15, -0.1) is 0 Å². The van der Waals surface area contributed by atoms with Gasteiger partial charge in [0.1, 0.15) is 5.82 Å². The van der Waals surface area contributed by atoms with Gasteiger partial charge in [-0.1, -0.05) is 30.7 Å². The summed E-state index contributed by atoms with van der Waals surface area (Å²) in [5, 5.41) is 8.38. The Morgan fingerprint density at radius 1 is 1.38 bits per heavy atom. The third-order valence-electron chi connectivity index (χ3n) is 3.33. The Morgan fingerprint density at radius 3 is 2.76 bits per heavy atom. The Morgan fingerprint density at radius 2 is 2.14 bits per heavy atom. The number of hydrogen-bond donors (Lipinski definition) is 1.